The number of aryl methyl sites for hydroxylation is 1. The van der Waals surface area contributed by atoms with Crippen LogP contribution in [0.3, 0.4) is 0 Å². The van der Waals surface area contributed by atoms with Crippen LogP contribution in [0.1, 0.15) is 12.5 Å². The van der Waals surface area contributed by atoms with Crippen molar-refractivity contribution in [3.8, 4) is 0 Å². The van der Waals surface area contributed by atoms with Gasteiger partial charge in [0.25, 0.3) is 5.69 Å². The SMILES string of the molecule is Cc1ccc(SCC(C)CCl)cc1[N+](=O)[O-]. The van der Waals surface area contributed by atoms with Gasteiger partial charge in [0, 0.05) is 28.2 Å². The lowest BCUT2D eigenvalue weighted by Gasteiger charge is -2.07. The van der Waals surface area contributed by atoms with Crippen LogP contribution in [-0.2, 0) is 0 Å². The van der Waals surface area contributed by atoms with E-state index < -0.39 is 0 Å². The molecule has 1 aromatic rings. The Bertz CT molecular complexity index is 384. The van der Waals surface area contributed by atoms with Crippen molar-refractivity contribution in [2.45, 2.75) is 18.7 Å². The molecule has 0 heterocycles. The molecule has 0 amide bonds. The first-order valence-corrected chi connectivity index (χ1v) is 6.50. The van der Waals surface area contributed by atoms with Gasteiger partial charge in [-0.25, -0.2) is 0 Å². The number of rotatable bonds is 5. The van der Waals surface area contributed by atoms with Crippen molar-refractivity contribution in [1.29, 1.82) is 0 Å². The van der Waals surface area contributed by atoms with Gasteiger partial charge in [-0.3, -0.25) is 10.1 Å². The predicted molar refractivity (Wildman–Crippen MR) is 68.4 cm³/mol. The number of hydrogen-bond donors (Lipinski definition) is 0. The molecule has 0 radical (unpaired) electrons. The molecule has 1 aromatic carbocycles. The molecule has 0 aromatic heterocycles. The lowest BCUT2D eigenvalue weighted by molar-refractivity contribution is -0.385. The highest BCUT2D eigenvalue weighted by molar-refractivity contribution is 7.99. The predicted octanol–water partition coefficient (Wildman–Crippen LogP) is 3.87. The van der Waals surface area contributed by atoms with Crippen LogP contribution in [0.15, 0.2) is 23.1 Å². The second-order valence-corrected chi connectivity index (χ2v) is 5.18. The third-order valence-electron chi connectivity index (χ3n) is 2.18. The Morgan fingerprint density at radius 2 is 2.25 bits per heavy atom. The summed E-state index contributed by atoms with van der Waals surface area (Å²) in [6.07, 6.45) is 0. The molecule has 0 bridgehead atoms. The summed E-state index contributed by atoms with van der Waals surface area (Å²) in [5.41, 5.74) is 0.878. The maximum Gasteiger partial charge on any atom is 0.273 e. The zero-order valence-electron chi connectivity index (χ0n) is 9.27. The van der Waals surface area contributed by atoms with E-state index in [1.54, 1.807) is 30.8 Å². The molecule has 1 unspecified atom stereocenters. The molecule has 0 aliphatic carbocycles. The van der Waals surface area contributed by atoms with E-state index in [1.165, 1.54) is 0 Å². The van der Waals surface area contributed by atoms with Crippen molar-refractivity contribution in [3.63, 3.8) is 0 Å². The van der Waals surface area contributed by atoms with Gasteiger partial charge < -0.3 is 0 Å². The fraction of sp³-hybridized carbons (Fsp3) is 0.455. The Kier molecular flexibility index (Phi) is 5.09. The lowest BCUT2D eigenvalue weighted by Crippen LogP contribution is -1.99. The molecule has 3 nitrogen and oxygen atoms in total. The zero-order valence-corrected chi connectivity index (χ0v) is 10.8. The molecule has 1 atom stereocenters. The summed E-state index contributed by atoms with van der Waals surface area (Å²) in [5, 5.41) is 10.7. The molecule has 0 saturated heterocycles. The highest BCUT2D eigenvalue weighted by Crippen LogP contribution is 2.27. The largest absolute Gasteiger partial charge is 0.273 e. The molecule has 5 heteroatoms. The van der Waals surface area contributed by atoms with Crippen LogP contribution in [0, 0.1) is 23.0 Å². The van der Waals surface area contributed by atoms with E-state index in [0.717, 1.165) is 10.6 Å². The molecule has 0 saturated carbocycles. The summed E-state index contributed by atoms with van der Waals surface area (Å²) in [6.45, 7) is 3.80. The standard InChI is InChI=1S/C11H14ClNO2S/c1-8(6-12)7-16-10-4-3-9(2)11(5-10)13(14)15/h3-5,8H,6-7H2,1-2H3. The third kappa shape index (κ3) is 3.68. The fourth-order valence-electron chi connectivity index (χ4n) is 1.16. The zero-order chi connectivity index (χ0) is 12.1. The van der Waals surface area contributed by atoms with Gasteiger partial charge in [0.1, 0.15) is 0 Å². The number of nitro benzene ring substituents is 1. The fourth-order valence-corrected chi connectivity index (χ4v) is 2.35. The smallest absolute Gasteiger partial charge is 0.258 e. The van der Waals surface area contributed by atoms with E-state index in [9.17, 15) is 10.1 Å². The number of hydrogen-bond acceptors (Lipinski definition) is 3. The minimum atomic E-state index is -0.343. The second kappa shape index (κ2) is 6.11. The quantitative estimate of drug-likeness (QED) is 0.349. The van der Waals surface area contributed by atoms with Crippen molar-refractivity contribution in [3.05, 3.63) is 33.9 Å². The molecule has 88 valence electrons. The second-order valence-electron chi connectivity index (χ2n) is 3.78. The van der Waals surface area contributed by atoms with Crippen LogP contribution < -0.4 is 0 Å². The Labute approximate surface area is 104 Å². The normalized spacial score (nSPS) is 12.4. The van der Waals surface area contributed by atoms with Crippen molar-refractivity contribution in [1.82, 2.24) is 0 Å². The maximum absolute atomic E-state index is 10.7. The van der Waals surface area contributed by atoms with E-state index in [1.807, 2.05) is 6.07 Å². The number of nitrogens with zero attached hydrogens (tertiary/aromatic N) is 1. The molecule has 0 fully saturated rings. The van der Waals surface area contributed by atoms with E-state index >= 15 is 0 Å². The minimum absolute atomic E-state index is 0.184. The Morgan fingerprint density at radius 3 is 2.81 bits per heavy atom. The third-order valence-corrected chi connectivity index (χ3v) is 4.03. The van der Waals surface area contributed by atoms with Crippen molar-refractivity contribution < 1.29 is 4.92 Å². The summed E-state index contributed by atoms with van der Waals surface area (Å²) in [5.74, 6) is 1.90. The average molecular weight is 260 g/mol. The number of nitro groups is 1. The highest BCUT2D eigenvalue weighted by atomic mass is 35.5. The number of halogens is 1. The topological polar surface area (TPSA) is 43.1 Å². The molecule has 0 spiro atoms. The first-order chi connectivity index (χ1) is 7.54. The lowest BCUT2D eigenvalue weighted by atomic mass is 10.2. The van der Waals surface area contributed by atoms with E-state index in [-0.39, 0.29) is 10.6 Å². The van der Waals surface area contributed by atoms with Crippen molar-refractivity contribution >= 4 is 29.1 Å². The highest BCUT2D eigenvalue weighted by Gasteiger charge is 2.11. The molecule has 0 aliphatic heterocycles. The van der Waals surface area contributed by atoms with Gasteiger partial charge in [-0.05, 0) is 18.9 Å². The van der Waals surface area contributed by atoms with Crippen LogP contribution in [0.2, 0.25) is 0 Å². The molecule has 16 heavy (non-hydrogen) atoms. The summed E-state index contributed by atoms with van der Waals surface area (Å²) in [4.78, 5) is 11.3. The van der Waals surface area contributed by atoms with E-state index in [0.29, 0.717) is 17.4 Å². The Hall–Kier alpha value is -0.740. The van der Waals surface area contributed by atoms with Gasteiger partial charge >= 0.3 is 0 Å². The van der Waals surface area contributed by atoms with Gasteiger partial charge in [0.05, 0.1) is 4.92 Å². The van der Waals surface area contributed by atoms with E-state index in [2.05, 4.69) is 6.92 Å². The van der Waals surface area contributed by atoms with Gasteiger partial charge in [-0.2, -0.15) is 0 Å². The summed E-state index contributed by atoms with van der Waals surface area (Å²) in [6, 6.07) is 5.32. The first-order valence-electron chi connectivity index (χ1n) is 4.98. The van der Waals surface area contributed by atoms with E-state index in [4.69, 9.17) is 11.6 Å². The van der Waals surface area contributed by atoms with Crippen LogP contribution in [-0.4, -0.2) is 16.6 Å². The van der Waals surface area contributed by atoms with Gasteiger partial charge in [-0.1, -0.05) is 13.0 Å². The monoisotopic (exact) mass is 259 g/mol. The Balaban J connectivity index is 2.75. The molecule has 0 aliphatic rings. The average Bonchev–Trinajstić information content (AvgIpc) is 2.27. The van der Waals surface area contributed by atoms with Crippen LogP contribution in [0.25, 0.3) is 0 Å². The van der Waals surface area contributed by atoms with Gasteiger partial charge in [0.15, 0.2) is 0 Å². The van der Waals surface area contributed by atoms with Gasteiger partial charge in [-0.15, -0.1) is 23.4 Å². The number of alkyl halides is 1. The van der Waals surface area contributed by atoms with Crippen LogP contribution in [0.4, 0.5) is 5.69 Å². The van der Waals surface area contributed by atoms with Crippen LogP contribution in [0.5, 0.6) is 0 Å². The number of benzene rings is 1. The first kappa shape index (κ1) is 13.3. The minimum Gasteiger partial charge on any atom is -0.258 e. The molecular weight excluding hydrogens is 246 g/mol. The van der Waals surface area contributed by atoms with Crippen molar-refractivity contribution in [2.24, 2.45) is 5.92 Å². The van der Waals surface area contributed by atoms with Gasteiger partial charge in [0.2, 0.25) is 0 Å². The summed E-state index contributed by atoms with van der Waals surface area (Å²) in [7, 11) is 0. The molecule has 1 rings (SSSR count). The molecular formula is C11H14ClNO2S. The van der Waals surface area contributed by atoms with Crippen LogP contribution >= 0.6 is 23.4 Å². The number of thioether (sulfide) groups is 1. The summed E-state index contributed by atoms with van der Waals surface area (Å²) >= 11 is 7.31. The van der Waals surface area contributed by atoms with Crippen molar-refractivity contribution in [2.75, 3.05) is 11.6 Å². The molecule has 0 N–H and O–H groups in total. The summed E-state index contributed by atoms with van der Waals surface area (Å²) < 4.78 is 0. The maximum atomic E-state index is 10.7. The Morgan fingerprint density at radius 1 is 1.56 bits per heavy atom.